The van der Waals surface area contributed by atoms with Crippen molar-refractivity contribution in [1.82, 2.24) is 10.2 Å². The average molecular weight is 426 g/mol. The molecule has 3 aromatic carbocycles. The van der Waals surface area contributed by atoms with E-state index in [0.717, 1.165) is 16.8 Å². The molecule has 1 aromatic heterocycles. The fraction of sp³-hybridized carbons (Fsp3) is 0.0909. The third kappa shape index (κ3) is 4.36. The van der Waals surface area contributed by atoms with Crippen LogP contribution in [-0.4, -0.2) is 17.3 Å². The van der Waals surface area contributed by atoms with Crippen molar-refractivity contribution in [3.8, 4) is 17.2 Å². The lowest BCUT2D eigenvalue weighted by atomic mass is 10.1. The van der Waals surface area contributed by atoms with E-state index < -0.39 is 6.04 Å². The lowest BCUT2D eigenvalue weighted by molar-refractivity contribution is 0.415. The normalized spacial score (nSPS) is 11.8. The zero-order valence-electron chi connectivity index (χ0n) is 15.5. The van der Waals surface area contributed by atoms with Gasteiger partial charge in [-0.2, -0.15) is 0 Å². The smallest absolute Gasteiger partial charge is 0.247 e. The third-order valence-corrected chi connectivity index (χ3v) is 4.88. The molecule has 0 amide bonds. The van der Waals surface area contributed by atoms with Crippen molar-refractivity contribution < 1.29 is 9.15 Å². The molecular weight excluding hydrogens is 409 g/mol. The van der Waals surface area contributed by atoms with E-state index in [1.807, 2.05) is 60.7 Å². The molecule has 4 aromatic rings. The Morgan fingerprint density at radius 3 is 2.48 bits per heavy atom. The lowest BCUT2D eigenvalue weighted by Gasteiger charge is -2.18. The molecule has 0 saturated heterocycles. The molecule has 0 aliphatic heterocycles. The highest BCUT2D eigenvalue weighted by atomic mass is 35.5. The van der Waals surface area contributed by atoms with Gasteiger partial charge in [-0.25, -0.2) is 0 Å². The van der Waals surface area contributed by atoms with Gasteiger partial charge in [0, 0.05) is 16.3 Å². The van der Waals surface area contributed by atoms with Gasteiger partial charge in [0.1, 0.15) is 11.8 Å². The van der Waals surface area contributed by atoms with E-state index in [0.29, 0.717) is 27.6 Å². The molecule has 0 spiro atoms. The summed E-state index contributed by atoms with van der Waals surface area (Å²) in [4.78, 5) is 0. The van der Waals surface area contributed by atoms with Gasteiger partial charge < -0.3 is 14.5 Å². The second-order valence-electron chi connectivity index (χ2n) is 6.29. The predicted octanol–water partition coefficient (Wildman–Crippen LogP) is 6.25. The van der Waals surface area contributed by atoms with Crippen LogP contribution in [0.5, 0.6) is 5.75 Å². The number of hydrogen-bond donors (Lipinski definition) is 1. The molecule has 1 N–H and O–H groups in total. The van der Waals surface area contributed by atoms with Crippen LogP contribution in [0.2, 0.25) is 10.0 Å². The van der Waals surface area contributed by atoms with Gasteiger partial charge in [0.15, 0.2) is 0 Å². The predicted molar refractivity (Wildman–Crippen MR) is 115 cm³/mol. The van der Waals surface area contributed by atoms with Crippen molar-refractivity contribution in [1.29, 1.82) is 0 Å². The van der Waals surface area contributed by atoms with E-state index in [4.69, 9.17) is 32.4 Å². The van der Waals surface area contributed by atoms with Crippen LogP contribution in [0.4, 0.5) is 5.69 Å². The van der Waals surface area contributed by atoms with Crippen molar-refractivity contribution in [3.05, 3.63) is 94.3 Å². The van der Waals surface area contributed by atoms with E-state index in [2.05, 4.69) is 15.5 Å². The van der Waals surface area contributed by atoms with Crippen LogP contribution in [0.1, 0.15) is 17.5 Å². The third-order valence-electron chi connectivity index (χ3n) is 4.35. The van der Waals surface area contributed by atoms with Crippen molar-refractivity contribution >= 4 is 28.9 Å². The molecule has 0 aliphatic rings. The highest BCUT2D eigenvalue weighted by Gasteiger charge is 2.22. The fourth-order valence-electron chi connectivity index (χ4n) is 2.95. The molecule has 146 valence electrons. The summed E-state index contributed by atoms with van der Waals surface area (Å²) in [5.41, 5.74) is 2.51. The van der Waals surface area contributed by atoms with E-state index >= 15 is 0 Å². The number of hydrogen-bond acceptors (Lipinski definition) is 5. The number of nitrogens with one attached hydrogen (secondary N) is 1. The molecule has 0 fully saturated rings. The second-order valence-corrected chi connectivity index (χ2v) is 7.14. The quantitative estimate of drug-likeness (QED) is 0.395. The van der Waals surface area contributed by atoms with Gasteiger partial charge >= 0.3 is 0 Å². The Balaban J connectivity index is 1.71. The first-order valence-electron chi connectivity index (χ1n) is 8.88. The van der Waals surface area contributed by atoms with Crippen LogP contribution in [-0.2, 0) is 0 Å². The Morgan fingerprint density at radius 2 is 1.76 bits per heavy atom. The molecule has 7 heteroatoms. The highest BCUT2D eigenvalue weighted by molar-refractivity contribution is 6.32. The number of methoxy groups -OCH3 is 1. The van der Waals surface area contributed by atoms with Crippen LogP contribution in [0.15, 0.2) is 77.2 Å². The van der Waals surface area contributed by atoms with Crippen LogP contribution >= 0.6 is 23.2 Å². The number of anilines is 1. The molecule has 0 saturated carbocycles. The van der Waals surface area contributed by atoms with Crippen LogP contribution in [0.25, 0.3) is 11.5 Å². The Hall–Kier alpha value is -3.02. The van der Waals surface area contributed by atoms with Crippen molar-refractivity contribution in [2.24, 2.45) is 0 Å². The van der Waals surface area contributed by atoms with Gasteiger partial charge in [-0.3, -0.25) is 0 Å². The van der Waals surface area contributed by atoms with Crippen molar-refractivity contribution in [2.45, 2.75) is 6.04 Å². The van der Waals surface area contributed by atoms with Crippen molar-refractivity contribution in [2.75, 3.05) is 12.4 Å². The molecule has 5 nitrogen and oxygen atoms in total. The van der Waals surface area contributed by atoms with E-state index in [-0.39, 0.29) is 0 Å². The summed E-state index contributed by atoms with van der Waals surface area (Å²) in [5.74, 6) is 1.46. The maximum Gasteiger partial charge on any atom is 0.247 e. The topological polar surface area (TPSA) is 60.2 Å². The maximum absolute atomic E-state index is 6.28. The number of rotatable bonds is 6. The minimum absolute atomic E-state index is 0.414. The monoisotopic (exact) mass is 425 g/mol. The highest BCUT2D eigenvalue weighted by Crippen LogP contribution is 2.33. The van der Waals surface area contributed by atoms with Gasteiger partial charge in [0.05, 0.1) is 12.1 Å². The standard InChI is InChI=1S/C22H17Cl2N3O2/c1-28-19-11-10-17(13-18(19)24)25-20(15-8-5-9-16(23)12-15)22-27-26-21(29-22)14-6-3-2-4-7-14/h2-13,20,25H,1H3/t20-/m1/s1. The molecule has 1 heterocycles. The van der Waals surface area contributed by atoms with E-state index in [1.54, 1.807) is 19.2 Å². The SMILES string of the molecule is COc1ccc(N[C@H](c2cccc(Cl)c2)c2nnc(-c3ccccc3)o2)cc1Cl. The lowest BCUT2D eigenvalue weighted by Crippen LogP contribution is -2.13. The fourth-order valence-corrected chi connectivity index (χ4v) is 3.40. The van der Waals surface area contributed by atoms with Gasteiger partial charge in [-0.1, -0.05) is 53.5 Å². The molecule has 0 aliphatic carbocycles. The summed E-state index contributed by atoms with van der Waals surface area (Å²) in [6, 6.07) is 22.1. The van der Waals surface area contributed by atoms with Gasteiger partial charge in [-0.15, -0.1) is 10.2 Å². The second kappa shape index (κ2) is 8.55. The van der Waals surface area contributed by atoms with Gasteiger partial charge in [0.2, 0.25) is 11.8 Å². The van der Waals surface area contributed by atoms with E-state index in [9.17, 15) is 0 Å². The number of benzene rings is 3. The molecule has 0 radical (unpaired) electrons. The molecule has 1 atom stereocenters. The zero-order chi connectivity index (χ0) is 20.2. The summed E-state index contributed by atoms with van der Waals surface area (Å²) >= 11 is 12.5. The van der Waals surface area contributed by atoms with Crippen LogP contribution < -0.4 is 10.1 Å². The first kappa shape index (κ1) is 19.3. The first-order chi connectivity index (χ1) is 14.1. The Morgan fingerprint density at radius 1 is 0.931 bits per heavy atom. The average Bonchev–Trinajstić information content (AvgIpc) is 3.23. The summed E-state index contributed by atoms with van der Waals surface area (Å²) in [7, 11) is 1.58. The van der Waals surface area contributed by atoms with Gasteiger partial charge in [-0.05, 0) is 48.0 Å². The van der Waals surface area contributed by atoms with E-state index in [1.165, 1.54) is 0 Å². The molecule has 0 unspecified atom stereocenters. The zero-order valence-corrected chi connectivity index (χ0v) is 17.0. The summed E-state index contributed by atoms with van der Waals surface area (Å²) in [6.07, 6.45) is 0. The number of nitrogens with zero attached hydrogens (tertiary/aromatic N) is 2. The molecule has 0 bridgehead atoms. The minimum Gasteiger partial charge on any atom is -0.495 e. The number of halogens is 2. The summed E-state index contributed by atoms with van der Waals surface area (Å²) in [5, 5.41) is 13.0. The number of aromatic nitrogens is 2. The summed E-state index contributed by atoms with van der Waals surface area (Å²) in [6.45, 7) is 0. The first-order valence-corrected chi connectivity index (χ1v) is 9.64. The summed E-state index contributed by atoms with van der Waals surface area (Å²) < 4.78 is 11.2. The van der Waals surface area contributed by atoms with Crippen molar-refractivity contribution in [3.63, 3.8) is 0 Å². The van der Waals surface area contributed by atoms with Crippen LogP contribution in [0.3, 0.4) is 0 Å². The maximum atomic E-state index is 6.28. The largest absolute Gasteiger partial charge is 0.495 e. The molecule has 4 rings (SSSR count). The van der Waals surface area contributed by atoms with Gasteiger partial charge in [0.25, 0.3) is 0 Å². The Labute approximate surface area is 178 Å². The Bertz CT molecular complexity index is 1120. The molecule has 29 heavy (non-hydrogen) atoms. The minimum atomic E-state index is -0.414. The number of ether oxygens (including phenoxy) is 1. The van der Waals surface area contributed by atoms with Crippen LogP contribution in [0, 0.1) is 0 Å². The Kier molecular flexibility index (Phi) is 5.69. The molecular formula is C22H17Cl2N3O2.